The Bertz CT molecular complexity index is 1760. The standard InChI is InChI=1S/C44H71N7O9/c1-12-32-22-34(49(9)10)37(53)41(57-32)59-39-27(4)36(52)28(5)40(54)58-35(13-2)44(8)38(29(6)46-24-26(3)23-43(39,7)56-11)51(42(55)60-44)20-15-14-19-50-25-33(47-48-50)30-17-16-18-31(45)21-30/h16-18,21,25-29,32,34-35,37-39,41,46,53H,12-15,19-20,22-24,45H2,1-11H3/t26-,27-,28-,29-,32-,34+,35-,37-,38?,39-,41?,43-,44-/m1/s1. The summed E-state index contributed by atoms with van der Waals surface area (Å²) in [5.74, 6) is -3.16. The van der Waals surface area contributed by atoms with Gasteiger partial charge in [0.05, 0.1) is 30.0 Å². The van der Waals surface area contributed by atoms with Crippen molar-refractivity contribution >= 4 is 23.5 Å². The lowest BCUT2D eigenvalue weighted by molar-refractivity contribution is -0.298. The average molecular weight is 842 g/mol. The summed E-state index contributed by atoms with van der Waals surface area (Å²) < 4.78 is 33.5. The van der Waals surface area contributed by atoms with E-state index in [1.54, 1.807) is 30.5 Å². The van der Waals surface area contributed by atoms with Crippen LogP contribution in [0.1, 0.15) is 93.9 Å². The van der Waals surface area contributed by atoms with Crippen LogP contribution in [0.2, 0.25) is 0 Å². The Morgan fingerprint density at radius 2 is 1.78 bits per heavy atom. The Morgan fingerprint density at radius 3 is 2.43 bits per heavy atom. The van der Waals surface area contributed by atoms with Crippen LogP contribution in [0, 0.1) is 17.8 Å². The molecule has 3 aliphatic rings. The number of nitrogens with two attached hydrogens (primary N) is 1. The van der Waals surface area contributed by atoms with Crippen molar-refractivity contribution in [2.75, 3.05) is 40.0 Å². The van der Waals surface area contributed by atoms with E-state index in [2.05, 4.69) is 22.6 Å². The molecule has 3 fully saturated rings. The zero-order valence-electron chi connectivity index (χ0n) is 37.6. The number of hydrogen-bond acceptors (Lipinski definition) is 14. The zero-order valence-corrected chi connectivity index (χ0v) is 37.6. The number of aromatic nitrogens is 3. The summed E-state index contributed by atoms with van der Waals surface area (Å²) in [6.07, 6.45) is 1.00. The minimum absolute atomic E-state index is 0.0130. The second-order valence-corrected chi connectivity index (χ2v) is 18.0. The third-order valence-corrected chi connectivity index (χ3v) is 13.2. The number of aliphatic hydroxyl groups is 1. The normalized spacial score (nSPS) is 36.0. The van der Waals surface area contributed by atoms with Gasteiger partial charge in [0.2, 0.25) is 0 Å². The number of ketones is 1. The smallest absolute Gasteiger partial charge is 0.410 e. The van der Waals surface area contributed by atoms with Gasteiger partial charge in [0.25, 0.3) is 0 Å². The number of nitrogens with one attached hydrogen (secondary N) is 1. The van der Waals surface area contributed by atoms with Gasteiger partial charge in [0, 0.05) is 49.5 Å². The molecule has 336 valence electrons. The molecule has 5 rings (SSSR count). The molecule has 3 saturated heterocycles. The van der Waals surface area contributed by atoms with Crippen molar-refractivity contribution in [2.24, 2.45) is 17.8 Å². The van der Waals surface area contributed by atoms with Crippen molar-refractivity contribution in [3.63, 3.8) is 0 Å². The number of aryl methyl sites for hydroxylation is 1. The quantitative estimate of drug-likeness (QED) is 0.116. The number of rotatable bonds is 12. The molecule has 0 aliphatic carbocycles. The van der Waals surface area contributed by atoms with Gasteiger partial charge < -0.3 is 44.7 Å². The number of anilines is 1. The summed E-state index contributed by atoms with van der Waals surface area (Å²) in [4.78, 5) is 46.0. The predicted octanol–water partition coefficient (Wildman–Crippen LogP) is 4.67. The van der Waals surface area contributed by atoms with Crippen molar-refractivity contribution in [3.05, 3.63) is 30.5 Å². The fourth-order valence-corrected chi connectivity index (χ4v) is 9.61. The van der Waals surface area contributed by atoms with Gasteiger partial charge in [0.1, 0.15) is 23.8 Å². The van der Waals surface area contributed by atoms with Gasteiger partial charge in [-0.3, -0.25) is 19.2 Å². The van der Waals surface area contributed by atoms with Crippen LogP contribution in [-0.4, -0.2) is 142 Å². The molecule has 13 atom stereocenters. The SMILES string of the molecule is CC[C@@H]1C[C@H](N(C)C)[C@@H](O)C(O[C@@H]2[C@H](C)C(=O)[C@@H](C)C(=O)O[C@H](CC)[C@@]3(C)OC(=O)N(CCCCn4cc(-c5cccc(N)c5)nn4)C3[C@@H](C)NC[C@H](C)C[C@@]2(C)OC)O1. The Labute approximate surface area is 356 Å². The molecule has 1 aromatic carbocycles. The molecule has 16 heteroatoms. The number of ether oxygens (including phenoxy) is 5. The van der Waals surface area contributed by atoms with Crippen LogP contribution < -0.4 is 11.1 Å². The highest BCUT2D eigenvalue weighted by molar-refractivity contribution is 6.00. The minimum atomic E-state index is -1.23. The Hall–Kier alpha value is -3.67. The Morgan fingerprint density at radius 1 is 1.07 bits per heavy atom. The number of Topliss-reactive ketones (excluding diaryl/α,β-unsaturated/α-hetero) is 1. The first-order valence-corrected chi connectivity index (χ1v) is 21.8. The number of hydrogen-bond donors (Lipinski definition) is 3. The third kappa shape index (κ3) is 10.3. The van der Waals surface area contributed by atoms with E-state index < -0.39 is 71.5 Å². The maximum Gasteiger partial charge on any atom is 0.410 e. The maximum absolute atomic E-state index is 14.4. The third-order valence-electron chi connectivity index (χ3n) is 13.2. The summed E-state index contributed by atoms with van der Waals surface area (Å²) in [6, 6.07) is 6.46. The van der Waals surface area contributed by atoms with E-state index in [9.17, 15) is 19.5 Å². The lowest BCUT2D eigenvalue weighted by Crippen LogP contribution is -2.61. The number of cyclic esters (lactones) is 1. The molecule has 1 amide bonds. The molecule has 0 bridgehead atoms. The average Bonchev–Trinajstić information content (AvgIpc) is 3.80. The van der Waals surface area contributed by atoms with E-state index in [4.69, 9.17) is 29.4 Å². The van der Waals surface area contributed by atoms with E-state index >= 15 is 0 Å². The second-order valence-electron chi connectivity index (χ2n) is 18.0. The summed E-state index contributed by atoms with van der Waals surface area (Å²) in [6.45, 7) is 16.6. The summed E-state index contributed by atoms with van der Waals surface area (Å²) in [7, 11) is 5.43. The van der Waals surface area contributed by atoms with Gasteiger partial charge in [-0.1, -0.05) is 45.0 Å². The van der Waals surface area contributed by atoms with Crippen LogP contribution in [0.3, 0.4) is 0 Å². The zero-order chi connectivity index (χ0) is 44.1. The highest BCUT2D eigenvalue weighted by Gasteiger charge is 2.58. The number of unbranched alkanes of at least 4 members (excludes halogenated alkanes) is 1. The van der Waals surface area contributed by atoms with E-state index in [1.807, 2.05) is 84.1 Å². The first-order chi connectivity index (χ1) is 28.4. The Balaban J connectivity index is 1.38. The van der Waals surface area contributed by atoms with Crippen molar-refractivity contribution in [1.82, 2.24) is 30.1 Å². The molecule has 2 unspecified atom stereocenters. The topological polar surface area (TPSA) is 193 Å². The number of fused-ring (bicyclic) bond motifs is 1. The molecule has 0 radical (unpaired) electrons. The van der Waals surface area contributed by atoms with Gasteiger partial charge in [-0.05, 0) is 105 Å². The van der Waals surface area contributed by atoms with Gasteiger partial charge in [-0.2, -0.15) is 0 Å². The molecule has 3 aliphatic heterocycles. The van der Waals surface area contributed by atoms with Crippen molar-refractivity contribution in [1.29, 1.82) is 0 Å². The molecule has 2 aromatic rings. The van der Waals surface area contributed by atoms with Gasteiger partial charge in [-0.25, -0.2) is 4.79 Å². The number of carbonyl (C=O) groups is 3. The van der Waals surface area contributed by atoms with Crippen LogP contribution in [-0.2, 0) is 39.8 Å². The number of nitrogens with zero attached hydrogens (tertiary/aromatic N) is 5. The monoisotopic (exact) mass is 842 g/mol. The summed E-state index contributed by atoms with van der Waals surface area (Å²) in [5.41, 5.74) is 5.95. The van der Waals surface area contributed by atoms with Gasteiger partial charge in [-0.15, -0.1) is 5.10 Å². The molecule has 16 nitrogen and oxygen atoms in total. The Kier molecular flexibility index (Phi) is 15.8. The van der Waals surface area contributed by atoms with Crippen LogP contribution in [0.5, 0.6) is 0 Å². The lowest BCUT2D eigenvalue weighted by atomic mass is 9.78. The number of likely N-dealkylation sites (N-methyl/N-ethyl adjacent to an activating group) is 1. The predicted molar refractivity (Wildman–Crippen MR) is 227 cm³/mol. The fraction of sp³-hybridized carbons (Fsp3) is 0.750. The first kappa shape index (κ1) is 47.4. The van der Waals surface area contributed by atoms with Crippen LogP contribution in [0.15, 0.2) is 30.5 Å². The van der Waals surface area contributed by atoms with Crippen molar-refractivity contribution in [2.45, 2.75) is 160 Å². The van der Waals surface area contributed by atoms with Crippen molar-refractivity contribution in [3.8, 4) is 11.3 Å². The molecule has 60 heavy (non-hydrogen) atoms. The van der Waals surface area contributed by atoms with Gasteiger partial charge >= 0.3 is 12.1 Å². The first-order valence-electron chi connectivity index (χ1n) is 21.8. The highest BCUT2D eigenvalue weighted by Crippen LogP contribution is 2.40. The number of amides is 1. The number of aliphatic hydroxyl groups excluding tert-OH is 1. The maximum atomic E-state index is 14.4. The molecule has 0 saturated carbocycles. The van der Waals surface area contributed by atoms with E-state index in [0.717, 1.165) is 17.7 Å². The summed E-state index contributed by atoms with van der Waals surface area (Å²) in [5, 5.41) is 23.8. The van der Waals surface area contributed by atoms with E-state index in [-0.39, 0.29) is 24.1 Å². The van der Waals surface area contributed by atoms with Gasteiger partial charge in [0.15, 0.2) is 17.7 Å². The van der Waals surface area contributed by atoms with E-state index in [0.29, 0.717) is 57.4 Å². The molecule has 0 spiro atoms. The molecular formula is C44H71N7O9. The largest absolute Gasteiger partial charge is 0.458 e. The number of carbonyl (C=O) groups excluding carboxylic acids is 3. The number of benzene rings is 1. The highest BCUT2D eigenvalue weighted by atomic mass is 16.7. The number of methoxy groups -OCH3 is 1. The molecular weight excluding hydrogens is 771 g/mol. The van der Waals surface area contributed by atoms with Crippen LogP contribution >= 0.6 is 0 Å². The fourth-order valence-electron chi connectivity index (χ4n) is 9.61. The number of nitrogen functional groups attached to an aromatic ring is 1. The van der Waals surface area contributed by atoms with E-state index in [1.165, 1.54) is 0 Å². The van der Waals surface area contributed by atoms with Crippen LogP contribution in [0.4, 0.5) is 10.5 Å². The summed E-state index contributed by atoms with van der Waals surface area (Å²) >= 11 is 0. The lowest BCUT2D eigenvalue weighted by Gasteiger charge is -2.47. The van der Waals surface area contributed by atoms with Crippen LogP contribution in [0.25, 0.3) is 11.3 Å². The minimum Gasteiger partial charge on any atom is -0.458 e. The molecule has 4 heterocycles. The number of esters is 1. The molecule has 1 aromatic heterocycles. The molecule has 4 N–H and O–H groups in total. The second kappa shape index (κ2) is 20.0. The van der Waals surface area contributed by atoms with Crippen molar-refractivity contribution < 1.29 is 43.2 Å².